The highest BCUT2D eigenvalue weighted by molar-refractivity contribution is 7.45. The van der Waals surface area contributed by atoms with Crippen molar-refractivity contribution in [2.75, 3.05) is 40.9 Å². The molecular weight excluding hydrogens is 864 g/mol. The Balaban J connectivity index is 4.16. The van der Waals surface area contributed by atoms with E-state index in [2.05, 4.69) is 19.2 Å². The van der Waals surface area contributed by atoms with Crippen LogP contribution in [0.15, 0.2) is 12.2 Å². The van der Waals surface area contributed by atoms with E-state index < -0.39 is 20.0 Å². The zero-order valence-corrected chi connectivity index (χ0v) is 47.2. The van der Waals surface area contributed by atoms with Crippen molar-refractivity contribution in [3.8, 4) is 0 Å². The van der Waals surface area contributed by atoms with Crippen LogP contribution in [0.5, 0.6) is 0 Å². The lowest BCUT2D eigenvalue weighted by Crippen LogP contribution is -2.45. The minimum absolute atomic E-state index is 0.00278. The molecule has 0 heterocycles. The first-order valence-electron chi connectivity index (χ1n) is 30.1. The van der Waals surface area contributed by atoms with Crippen molar-refractivity contribution in [2.45, 2.75) is 321 Å². The number of phosphoric acid groups is 1. The van der Waals surface area contributed by atoms with Crippen LogP contribution < -0.4 is 10.2 Å². The van der Waals surface area contributed by atoms with Gasteiger partial charge in [0, 0.05) is 6.42 Å². The summed E-state index contributed by atoms with van der Waals surface area (Å²) in [6, 6.07) is -0.882. The first kappa shape index (κ1) is 67.2. The zero-order valence-electron chi connectivity index (χ0n) is 46.3. The number of amides is 1. The highest BCUT2D eigenvalue weighted by Crippen LogP contribution is 2.38. The third kappa shape index (κ3) is 53.0. The van der Waals surface area contributed by atoms with Crippen LogP contribution in [0.3, 0.4) is 0 Å². The average Bonchev–Trinajstić information content (AvgIpc) is 3.30. The van der Waals surface area contributed by atoms with Crippen LogP contribution in [0.4, 0.5) is 0 Å². The van der Waals surface area contributed by atoms with Gasteiger partial charge in [-0.2, -0.15) is 0 Å². The number of aliphatic hydroxyl groups is 1. The van der Waals surface area contributed by atoms with Crippen molar-refractivity contribution in [3.05, 3.63) is 12.2 Å². The van der Waals surface area contributed by atoms with E-state index in [0.29, 0.717) is 17.4 Å². The molecule has 0 aliphatic carbocycles. The number of likely N-dealkylation sites (N-methyl/N-ethyl adjacent to an activating group) is 1. The number of unbranched alkanes of at least 4 members (excludes halogenated alkanes) is 43. The largest absolute Gasteiger partial charge is 0.756 e. The molecule has 0 fully saturated rings. The van der Waals surface area contributed by atoms with Gasteiger partial charge in [0.15, 0.2) is 0 Å². The molecule has 8 nitrogen and oxygen atoms in total. The molecule has 0 aromatic carbocycles. The van der Waals surface area contributed by atoms with E-state index in [1.54, 1.807) is 6.08 Å². The Bertz CT molecular complexity index is 1120. The van der Waals surface area contributed by atoms with E-state index in [9.17, 15) is 19.4 Å². The molecule has 3 atom stereocenters. The smallest absolute Gasteiger partial charge is 0.268 e. The number of phosphoric ester groups is 1. The van der Waals surface area contributed by atoms with Gasteiger partial charge >= 0.3 is 0 Å². The molecule has 68 heavy (non-hydrogen) atoms. The average molecular weight is 984 g/mol. The molecule has 0 aliphatic rings. The van der Waals surface area contributed by atoms with Crippen LogP contribution in [0.2, 0.25) is 0 Å². The van der Waals surface area contributed by atoms with E-state index in [0.717, 1.165) is 38.5 Å². The maximum absolute atomic E-state index is 13.0. The van der Waals surface area contributed by atoms with Gasteiger partial charge in [-0.15, -0.1) is 0 Å². The molecule has 2 N–H and O–H groups in total. The number of quaternary nitrogens is 1. The molecule has 0 radical (unpaired) electrons. The Morgan fingerprint density at radius 3 is 1.10 bits per heavy atom. The molecule has 0 spiro atoms. The van der Waals surface area contributed by atoms with E-state index in [-0.39, 0.29) is 19.1 Å². The van der Waals surface area contributed by atoms with Crippen LogP contribution in [-0.2, 0) is 18.4 Å². The SMILES string of the molecule is CCCCCCCCCCCCCCCCCCCCCCC/C=C/C(O)C(COP(=O)([O-])OCC[N+](C)(C)C)NC(=O)CCCCCCCCCCCCCCCCCCCCCCCCC. The molecule has 0 rings (SSSR count). The van der Waals surface area contributed by atoms with Crippen LogP contribution in [0.1, 0.15) is 309 Å². The predicted octanol–water partition coefficient (Wildman–Crippen LogP) is 17.6. The van der Waals surface area contributed by atoms with Gasteiger partial charge in [0.1, 0.15) is 13.2 Å². The highest BCUT2D eigenvalue weighted by Gasteiger charge is 2.23. The minimum Gasteiger partial charge on any atom is -0.756 e. The van der Waals surface area contributed by atoms with Gasteiger partial charge < -0.3 is 28.8 Å². The molecule has 3 unspecified atom stereocenters. The van der Waals surface area contributed by atoms with Gasteiger partial charge in [0.2, 0.25) is 5.91 Å². The van der Waals surface area contributed by atoms with E-state index >= 15 is 0 Å². The van der Waals surface area contributed by atoms with Crippen molar-refractivity contribution in [1.82, 2.24) is 5.32 Å². The van der Waals surface area contributed by atoms with Gasteiger partial charge in [0.25, 0.3) is 7.82 Å². The fourth-order valence-corrected chi connectivity index (χ4v) is 10.00. The monoisotopic (exact) mass is 983 g/mol. The standard InChI is InChI=1S/C59H119N2O6P/c1-6-8-10-12-14-16-18-20-22-24-26-28-30-32-34-36-38-40-42-44-46-48-50-52-58(62)57(56-67-68(64,65)66-55-54-61(3,4)5)60-59(63)53-51-49-47-45-43-41-39-37-35-33-31-29-27-25-23-21-19-17-15-13-11-9-7-2/h50,52,57-58,62H,6-49,51,53-56H2,1-5H3,(H-,60,63,64,65)/b52-50+. The quantitative estimate of drug-likeness (QED) is 0.0272. The third-order valence-electron chi connectivity index (χ3n) is 14.0. The van der Waals surface area contributed by atoms with Gasteiger partial charge in [-0.25, -0.2) is 0 Å². The molecular formula is C59H119N2O6P. The van der Waals surface area contributed by atoms with Crippen molar-refractivity contribution in [1.29, 1.82) is 0 Å². The highest BCUT2D eigenvalue weighted by atomic mass is 31.2. The lowest BCUT2D eigenvalue weighted by Gasteiger charge is -2.29. The lowest BCUT2D eigenvalue weighted by molar-refractivity contribution is -0.870. The molecule has 0 saturated carbocycles. The summed E-state index contributed by atoms with van der Waals surface area (Å²) in [5.74, 6) is -0.189. The van der Waals surface area contributed by atoms with Crippen LogP contribution >= 0.6 is 7.82 Å². The van der Waals surface area contributed by atoms with Crippen molar-refractivity contribution >= 4 is 13.7 Å². The number of rotatable bonds is 56. The number of allylic oxidation sites excluding steroid dienone is 1. The number of carbonyl (C=O) groups excluding carboxylic acids is 1. The van der Waals surface area contributed by atoms with Crippen molar-refractivity contribution in [3.63, 3.8) is 0 Å². The van der Waals surface area contributed by atoms with E-state index in [1.807, 2.05) is 27.2 Å². The fourth-order valence-electron chi connectivity index (χ4n) is 9.27. The minimum atomic E-state index is -4.59. The molecule has 9 heteroatoms. The summed E-state index contributed by atoms with van der Waals surface area (Å²) in [4.78, 5) is 25.5. The Morgan fingerprint density at radius 2 is 0.794 bits per heavy atom. The van der Waals surface area contributed by atoms with Gasteiger partial charge in [-0.1, -0.05) is 296 Å². The lowest BCUT2D eigenvalue weighted by atomic mass is 10.0. The molecule has 0 aromatic heterocycles. The van der Waals surface area contributed by atoms with Crippen molar-refractivity contribution < 1.29 is 32.9 Å². The van der Waals surface area contributed by atoms with Crippen LogP contribution in [0, 0.1) is 0 Å². The molecule has 406 valence electrons. The molecule has 0 bridgehead atoms. The Labute approximate surface area is 424 Å². The number of nitrogens with one attached hydrogen (secondary N) is 1. The summed E-state index contributed by atoms with van der Waals surface area (Å²) in [7, 11) is 1.28. The number of hydrogen-bond acceptors (Lipinski definition) is 6. The van der Waals surface area contributed by atoms with E-state index in [4.69, 9.17) is 9.05 Å². The molecule has 1 amide bonds. The Hall–Kier alpha value is -0.760. The summed E-state index contributed by atoms with van der Waals surface area (Å²) >= 11 is 0. The summed E-state index contributed by atoms with van der Waals surface area (Å²) in [6.45, 7) is 4.71. The maximum atomic E-state index is 13.0. The number of nitrogens with zero attached hydrogens (tertiary/aromatic N) is 1. The number of carbonyl (C=O) groups is 1. The van der Waals surface area contributed by atoms with Crippen molar-refractivity contribution in [2.24, 2.45) is 0 Å². The molecule has 0 aliphatic heterocycles. The Morgan fingerprint density at radius 1 is 0.500 bits per heavy atom. The third-order valence-corrected chi connectivity index (χ3v) is 15.0. The van der Waals surface area contributed by atoms with Gasteiger partial charge in [0.05, 0.1) is 39.9 Å². The predicted molar refractivity (Wildman–Crippen MR) is 293 cm³/mol. The second-order valence-electron chi connectivity index (χ2n) is 22.1. The second-order valence-corrected chi connectivity index (χ2v) is 23.5. The Kier molecular flexibility index (Phi) is 50.6. The normalized spacial score (nSPS) is 13.9. The summed E-state index contributed by atoms with van der Waals surface area (Å²) < 4.78 is 23.4. The first-order valence-corrected chi connectivity index (χ1v) is 31.5. The summed E-state index contributed by atoms with van der Waals surface area (Å²) in [5.41, 5.74) is 0. The molecule has 0 saturated heterocycles. The first-order chi connectivity index (χ1) is 33.0. The van der Waals surface area contributed by atoms with Crippen LogP contribution in [0.25, 0.3) is 0 Å². The molecule has 0 aromatic rings. The second kappa shape index (κ2) is 51.2. The summed E-state index contributed by atoms with van der Waals surface area (Å²) in [5, 5.41) is 13.9. The zero-order chi connectivity index (χ0) is 49.9. The maximum Gasteiger partial charge on any atom is 0.268 e. The number of aliphatic hydroxyl groups excluding tert-OH is 1. The number of hydrogen-bond donors (Lipinski definition) is 2. The topological polar surface area (TPSA) is 108 Å². The fraction of sp³-hybridized carbons (Fsp3) is 0.949. The van der Waals surface area contributed by atoms with E-state index in [1.165, 1.54) is 250 Å². The summed E-state index contributed by atoms with van der Waals surface area (Å²) in [6.07, 6.45) is 62.9. The van der Waals surface area contributed by atoms with Gasteiger partial charge in [-0.3, -0.25) is 9.36 Å². The van der Waals surface area contributed by atoms with Gasteiger partial charge in [-0.05, 0) is 19.3 Å². The van der Waals surface area contributed by atoms with Crippen LogP contribution in [-0.4, -0.2) is 68.5 Å².